The van der Waals surface area contributed by atoms with Crippen LogP contribution in [0, 0.1) is 5.82 Å². The maximum atomic E-state index is 13.8. The quantitative estimate of drug-likeness (QED) is 0.766. The number of nitrogens with one attached hydrogen (secondary N) is 1. The third-order valence-electron chi connectivity index (χ3n) is 3.16. The third kappa shape index (κ3) is 4.22. The molecule has 0 aromatic heterocycles. The molecule has 1 aromatic rings. The predicted molar refractivity (Wildman–Crippen MR) is 77.6 cm³/mol. The minimum absolute atomic E-state index is 0.275. The van der Waals surface area contributed by atoms with Crippen LogP contribution in [0.4, 0.5) is 4.39 Å². The van der Waals surface area contributed by atoms with Crippen LogP contribution in [0.25, 0.3) is 0 Å². The molecule has 0 radical (unpaired) electrons. The van der Waals surface area contributed by atoms with Gasteiger partial charge in [-0.05, 0) is 39.0 Å². The van der Waals surface area contributed by atoms with Gasteiger partial charge in [-0.25, -0.2) is 25.9 Å². The van der Waals surface area contributed by atoms with E-state index in [9.17, 15) is 21.2 Å². The maximum absolute atomic E-state index is 13.8. The molecule has 0 aliphatic rings. The van der Waals surface area contributed by atoms with Crippen molar-refractivity contribution in [3.63, 3.8) is 0 Å². The molecule has 120 valence electrons. The summed E-state index contributed by atoms with van der Waals surface area (Å²) in [6, 6.07) is 2.09. The summed E-state index contributed by atoms with van der Waals surface area (Å²) in [4.78, 5) is -0.998. The van der Waals surface area contributed by atoms with Gasteiger partial charge in [0.15, 0.2) is 9.84 Å². The molecule has 0 saturated heterocycles. The van der Waals surface area contributed by atoms with E-state index in [4.69, 9.17) is 5.73 Å². The van der Waals surface area contributed by atoms with E-state index in [0.717, 1.165) is 24.5 Å². The topological polar surface area (TPSA) is 106 Å². The molecule has 0 spiro atoms. The van der Waals surface area contributed by atoms with Crippen LogP contribution in [0.5, 0.6) is 0 Å². The van der Waals surface area contributed by atoms with Gasteiger partial charge >= 0.3 is 0 Å². The van der Waals surface area contributed by atoms with Crippen LogP contribution < -0.4 is 10.5 Å². The van der Waals surface area contributed by atoms with Crippen LogP contribution in [-0.4, -0.2) is 34.7 Å². The van der Waals surface area contributed by atoms with Crippen molar-refractivity contribution >= 4 is 19.9 Å². The Kier molecular flexibility index (Phi) is 4.84. The minimum Gasteiger partial charge on any atom is -0.326 e. The summed E-state index contributed by atoms with van der Waals surface area (Å²) in [6.07, 6.45) is 0.913. The summed E-state index contributed by atoms with van der Waals surface area (Å²) in [7, 11) is -7.89. The zero-order valence-electron chi connectivity index (χ0n) is 12.2. The van der Waals surface area contributed by atoms with E-state index in [1.165, 1.54) is 0 Å². The van der Waals surface area contributed by atoms with Gasteiger partial charge in [-0.15, -0.1) is 0 Å². The number of sulfone groups is 1. The first-order valence-electron chi connectivity index (χ1n) is 6.06. The smallest absolute Gasteiger partial charge is 0.244 e. The summed E-state index contributed by atoms with van der Waals surface area (Å²) < 4.78 is 63.5. The summed E-state index contributed by atoms with van der Waals surface area (Å²) in [5.74, 6) is -1.03. The van der Waals surface area contributed by atoms with Crippen molar-refractivity contribution in [1.29, 1.82) is 0 Å². The Bertz CT molecular complexity index is 741. The zero-order chi connectivity index (χ0) is 16.6. The highest BCUT2D eigenvalue weighted by molar-refractivity contribution is 7.91. The molecule has 0 fully saturated rings. The van der Waals surface area contributed by atoms with Crippen LogP contribution in [0.2, 0.25) is 0 Å². The molecule has 0 aliphatic heterocycles. The Morgan fingerprint density at radius 2 is 1.76 bits per heavy atom. The van der Waals surface area contributed by atoms with Crippen LogP contribution in [0.15, 0.2) is 28.0 Å². The van der Waals surface area contributed by atoms with Gasteiger partial charge in [0.05, 0.1) is 4.90 Å². The minimum atomic E-state index is -4.25. The second-order valence-corrected chi connectivity index (χ2v) is 9.15. The van der Waals surface area contributed by atoms with Crippen molar-refractivity contribution in [3.8, 4) is 0 Å². The first-order valence-corrected chi connectivity index (χ1v) is 9.44. The standard InChI is InChI=1S/C12H19FN2O4S2/c1-8(14)12(2,3)15-21(18,19)11-7-9(20(4,16)17)5-6-10(11)13/h5-8,15H,14H2,1-4H3. The van der Waals surface area contributed by atoms with Crippen molar-refractivity contribution in [2.45, 2.75) is 42.1 Å². The molecule has 3 N–H and O–H groups in total. The van der Waals surface area contributed by atoms with Crippen LogP contribution in [0.1, 0.15) is 20.8 Å². The largest absolute Gasteiger partial charge is 0.326 e. The molecule has 1 aromatic carbocycles. The Morgan fingerprint density at radius 3 is 2.19 bits per heavy atom. The highest BCUT2D eigenvalue weighted by Gasteiger charge is 2.31. The van der Waals surface area contributed by atoms with Crippen LogP contribution in [0.3, 0.4) is 0 Å². The van der Waals surface area contributed by atoms with Gasteiger partial charge in [0.2, 0.25) is 10.0 Å². The fourth-order valence-corrected chi connectivity index (χ4v) is 3.73. The van der Waals surface area contributed by atoms with Crippen molar-refractivity contribution in [2.24, 2.45) is 5.73 Å². The van der Waals surface area contributed by atoms with Crippen molar-refractivity contribution < 1.29 is 21.2 Å². The molecule has 0 saturated carbocycles. The van der Waals surface area contributed by atoms with Gasteiger partial charge in [-0.2, -0.15) is 0 Å². The van der Waals surface area contributed by atoms with E-state index in [1.54, 1.807) is 20.8 Å². The SMILES string of the molecule is CC(N)C(C)(C)NS(=O)(=O)c1cc(S(C)(=O)=O)ccc1F. The number of hydrogen-bond donors (Lipinski definition) is 2. The molecule has 6 nitrogen and oxygen atoms in total. The first kappa shape index (κ1) is 18.0. The molecule has 0 amide bonds. The lowest BCUT2D eigenvalue weighted by Crippen LogP contribution is -2.54. The van der Waals surface area contributed by atoms with E-state index < -0.39 is 42.2 Å². The molecule has 1 unspecified atom stereocenters. The molecular weight excluding hydrogens is 319 g/mol. The van der Waals surface area contributed by atoms with Crippen LogP contribution >= 0.6 is 0 Å². The van der Waals surface area contributed by atoms with Gasteiger partial charge in [0, 0.05) is 17.8 Å². The highest BCUT2D eigenvalue weighted by Crippen LogP contribution is 2.21. The van der Waals surface area contributed by atoms with Gasteiger partial charge < -0.3 is 5.73 Å². The molecule has 21 heavy (non-hydrogen) atoms. The fraction of sp³-hybridized carbons (Fsp3) is 0.500. The van der Waals surface area contributed by atoms with E-state index in [1.807, 2.05) is 0 Å². The monoisotopic (exact) mass is 338 g/mol. The maximum Gasteiger partial charge on any atom is 0.244 e. The molecule has 9 heteroatoms. The van der Waals surface area contributed by atoms with E-state index in [0.29, 0.717) is 0 Å². The van der Waals surface area contributed by atoms with Crippen molar-refractivity contribution in [1.82, 2.24) is 4.72 Å². The average Bonchev–Trinajstić information content (AvgIpc) is 2.25. The summed E-state index contributed by atoms with van der Waals surface area (Å²) in [5, 5.41) is 0. The Labute approximate surface area is 124 Å². The van der Waals surface area contributed by atoms with Crippen molar-refractivity contribution in [3.05, 3.63) is 24.0 Å². The normalized spacial score (nSPS) is 15.0. The summed E-state index contributed by atoms with van der Waals surface area (Å²) in [5.41, 5.74) is 4.65. The summed E-state index contributed by atoms with van der Waals surface area (Å²) >= 11 is 0. The lowest BCUT2D eigenvalue weighted by molar-refractivity contribution is 0.386. The highest BCUT2D eigenvalue weighted by atomic mass is 32.2. The lowest BCUT2D eigenvalue weighted by atomic mass is 9.99. The Hall–Kier alpha value is -1.03. The Balaban J connectivity index is 3.39. The zero-order valence-corrected chi connectivity index (χ0v) is 13.8. The van der Waals surface area contributed by atoms with Crippen molar-refractivity contribution in [2.75, 3.05) is 6.26 Å². The third-order valence-corrected chi connectivity index (χ3v) is 5.95. The fourth-order valence-electron chi connectivity index (χ4n) is 1.41. The Morgan fingerprint density at radius 1 is 1.24 bits per heavy atom. The molecule has 0 aliphatic carbocycles. The van der Waals surface area contributed by atoms with Gasteiger partial charge in [-0.1, -0.05) is 0 Å². The second kappa shape index (κ2) is 5.64. The molecule has 0 heterocycles. The van der Waals surface area contributed by atoms with E-state index >= 15 is 0 Å². The predicted octanol–water partition coefficient (Wildman–Crippen LogP) is 0.633. The summed E-state index contributed by atoms with van der Waals surface area (Å²) in [6.45, 7) is 4.70. The molecule has 0 bridgehead atoms. The van der Waals surface area contributed by atoms with Gasteiger partial charge in [-0.3, -0.25) is 0 Å². The number of nitrogens with two attached hydrogens (primary N) is 1. The molecular formula is C12H19FN2O4S2. The molecule has 1 atom stereocenters. The van der Waals surface area contributed by atoms with Crippen LogP contribution in [-0.2, 0) is 19.9 Å². The number of hydrogen-bond acceptors (Lipinski definition) is 5. The van der Waals surface area contributed by atoms with Gasteiger partial charge in [0.25, 0.3) is 0 Å². The number of rotatable bonds is 5. The lowest BCUT2D eigenvalue weighted by Gasteiger charge is -2.29. The number of sulfonamides is 1. The van der Waals surface area contributed by atoms with E-state index in [-0.39, 0.29) is 4.90 Å². The number of halogens is 1. The molecule has 1 rings (SSSR count). The average molecular weight is 338 g/mol. The second-order valence-electron chi connectivity index (χ2n) is 5.48. The van der Waals surface area contributed by atoms with E-state index in [2.05, 4.69) is 4.72 Å². The van der Waals surface area contributed by atoms with Gasteiger partial charge in [0.1, 0.15) is 10.7 Å². The first-order chi connectivity index (χ1) is 9.27. The number of benzene rings is 1.